The predicted octanol–water partition coefficient (Wildman–Crippen LogP) is 3.35. The molecular formula is C24H32FN3O2. The first-order chi connectivity index (χ1) is 14.7. The molecule has 4 unspecified atom stereocenters. The summed E-state index contributed by atoms with van der Waals surface area (Å²) >= 11 is 0. The summed E-state index contributed by atoms with van der Waals surface area (Å²) in [5.41, 5.74) is 1.20. The van der Waals surface area contributed by atoms with Crippen molar-refractivity contribution in [1.29, 1.82) is 0 Å². The Morgan fingerprint density at radius 3 is 2.63 bits per heavy atom. The molecule has 4 rings (SSSR count). The lowest BCUT2D eigenvalue weighted by Crippen LogP contribution is -2.39. The third-order valence-electron chi connectivity index (χ3n) is 6.93. The van der Waals surface area contributed by atoms with Gasteiger partial charge in [0.05, 0.1) is 11.7 Å². The van der Waals surface area contributed by atoms with Crippen LogP contribution in [0.3, 0.4) is 0 Å². The van der Waals surface area contributed by atoms with Crippen LogP contribution in [0.15, 0.2) is 36.5 Å². The minimum Gasteiger partial charge on any atom is -0.396 e. The molecule has 1 aromatic heterocycles. The highest BCUT2D eigenvalue weighted by molar-refractivity contribution is 5.55. The second-order valence-corrected chi connectivity index (χ2v) is 8.89. The molecule has 0 spiro atoms. The van der Waals surface area contributed by atoms with Crippen LogP contribution in [0, 0.1) is 23.6 Å². The third kappa shape index (κ3) is 4.88. The molecular weight excluding hydrogens is 381 g/mol. The number of rotatable bonds is 7. The lowest BCUT2D eigenvalue weighted by Gasteiger charge is -2.28. The van der Waals surface area contributed by atoms with Gasteiger partial charge in [-0.1, -0.05) is 31.4 Å². The maximum absolute atomic E-state index is 14.2. The van der Waals surface area contributed by atoms with E-state index in [4.69, 9.17) is 0 Å². The number of halogens is 1. The fraction of sp³-hybridized carbons (Fsp3) is 0.583. The Morgan fingerprint density at radius 1 is 1.07 bits per heavy atom. The van der Waals surface area contributed by atoms with Crippen molar-refractivity contribution < 1.29 is 14.6 Å². The summed E-state index contributed by atoms with van der Waals surface area (Å²) < 4.78 is 14.2. The highest BCUT2D eigenvalue weighted by Crippen LogP contribution is 2.35. The zero-order valence-electron chi connectivity index (χ0n) is 17.4. The molecule has 2 aliphatic rings. The van der Waals surface area contributed by atoms with E-state index in [2.05, 4.69) is 15.3 Å². The van der Waals surface area contributed by atoms with Crippen molar-refractivity contribution in [2.24, 2.45) is 17.8 Å². The molecule has 1 aromatic carbocycles. The third-order valence-corrected chi connectivity index (χ3v) is 6.93. The fourth-order valence-corrected chi connectivity index (χ4v) is 5.21. The molecule has 30 heavy (non-hydrogen) atoms. The average Bonchev–Trinajstić information content (AvgIpc) is 3.07. The molecule has 0 saturated heterocycles. The van der Waals surface area contributed by atoms with Gasteiger partial charge in [-0.25, -0.2) is 14.4 Å². The first kappa shape index (κ1) is 21.3. The van der Waals surface area contributed by atoms with Crippen molar-refractivity contribution in [3.63, 3.8) is 0 Å². The van der Waals surface area contributed by atoms with Gasteiger partial charge in [0, 0.05) is 30.5 Å². The Balaban J connectivity index is 1.48. The summed E-state index contributed by atoms with van der Waals surface area (Å²) in [7, 11) is 0. The largest absolute Gasteiger partial charge is 0.396 e. The zero-order chi connectivity index (χ0) is 20.9. The highest BCUT2D eigenvalue weighted by Gasteiger charge is 2.42. The standard InChI is InChI=1S/C24H32FN3O2/c25-21-9-5-4-8-18(21)24-26-11-10-17(28-24)12-19-20(15-29)23(30)13-22(19)27-14-16-6-2-1-3-7-16/h4-5,8-11,16,19-20,22-23,27,29-30H,1-3,6-7,12-15H2. The van der Waals surface area contributed by atoms with E-state index in [0.717, 1.165) is 12.2 Å². The summed E-state index contributed by atoms with van der Waals surface area (Å²) in [5, 5.41) is 24.1. The van der Waals surface area contributed by atoms with Crippen LogP contribution in [-0.2, 0) is 6.42 Å². The van der Waals surface area contributed by atoms with Crippen LogP contribution in [0.25, 0.3) is 11.4 Å². The Labute approximate surface area is 177 Å². The molecule has 4 atom stereocenters. The van der Waals surface area contributed by atoms with Gasteiger partial charge in [-0.15, -0.1) is 0 Å². The van der Waals surface area contributed by atoms with E-state index in [1.807, 2.05) is 6.07 Å². The van der Waals surface area contributed by atoms with Crippen molar-refractivity contribution in [3.8, 4) is 11.4 Å². The van der Waals surface area contributed by atoms with Gasteiger partial charge in [0.15, 0.2) is 5.82 Å². The number of hydrogen-bond donors (Lipinski definition) is 3. The molecule has 6 heteroatoms. The second kappa shape index (κ2) is 9.94. The van der Waals surface area contributed by atoms with Gasteiger partial charge >= 0.3 is 0 Å². The molecule has 0 amide bonds. The molecule has 2 fully saturated rings. The van der Waals surface area contributed by atoms with Gasteiger partial charge in [0.2, 0.25) is 0 Å². The number of benzene rings is 1. The molecule has 0 bridgehead atoms. The Bertz CT molecular complexity index is 828. The summed E-state index contributed by atoms with van der Waals surface area (Å²) in [4.78, 5) is 8.85. The molecule has 2 saturated carbocycles. The number of nitrogens with one attached hydrogen (secondary N) is 1. The molecule has 0 radical (unpaired) electrons. The molecule has 1 heterocycles. The van der Waals surface area contributed by atoms with Gasteiger partial charge in [0.25, 0.3) is 0 Å². The van der Waals surface area contributed by atoms with Crippen LogP contribution < -0.4 is 5.32 Å². The monoisotopic (exact) mass is 413 g/mol. The number of hydrogen-bond acceptors (Lipinski definition) is 5. The van der Waals surface area contributed by atoms with E-state index in [1.54, 1.807) is 24.4 Å². The maximum Gasteiger partial charge on any atom is 0.162 e. The van der Waals surface area contributed by atoms with Crippen LogP contribution in [0.2, 0.25) is 0 Å². The van der Waals surface area contributed by atoms with Gasteiger partial charge in [-0.2, -0.15) is 0 Å². The lowest BCUT2D eigenvalue weighted by molar-refractivity contribution is 0.0716. The van der Waals surface area contributed by atoms with Crippen LogP contribution >= 0.6 is 0 Å². The van der Waals surface area contributed by atoms with E-state index in [0.29, 0.717) is 30.1 Å². The van der Waals surface area contributed by atoms with Gasteiger partial charge in [0.1, 0.15) is 5.82 Å². The van der Waals surface area contributed by atoms with E-state index in [9.17, 15) is 14.6 Å². The topological polar surface area (TPSA) is 78.3 Å². The first-order valence-corrected chi connectivity index (χ1v) is 11.2. The minimum atomic E-state index is -0.517. The van der Waals surface area contributed by atoms with E-state index in [1.165, 1.54) is 38.2 Å². The van der Waals surface area contributed by atoms with Crippen LogP contribution in [0.4, 0.5) is 4.39 Å². The quantitative estimate of drug-likeness (QED) is 0.649. The van der Waals surface area contributed by atoms with Crippen molar-refractivity contribution in [2.75, 3.05) is 13.2 Å². The highest BCUT2D eigenvalue weighted by atomic mass is 19.1. The number of aliphatic hydroxyl groups excluding tert-OH is 2. The van der Waals surface area contributed by atoms with Gasteiger partial charge in [-0.3, -0.25) is 0 Å². The summed E-state index contributed by atoms with van der Waals surface area (Å²) in [5.74, 6) is 0.636. The Kier molecular flexibility index (Phi) is 7.08. The smallest absolute Gasteiger partial charge is 0.162 e. The van der Waals surface area contributed by atoms with Crippen LogP contribution in [0.1, 0.15) is 44.2 Å². The summed E-state index contributed by atoms with van der Waals surface area (Å²) in [6.45, 7) is 0.926. The Morgan fingerprint density at radius 2 is 1.87 bits per heavy atom. The SMILES string of the molecule is OCC1C(O)CC(NCC2CCCCC2)C1Cc1ccnc(-c2ccccc2F)n1. The fourth-order valence-electron chi connectivity index (χ4n) is 5.21. The normalized spacial score (nSPS) is 27.4. The van der Waals surface area contributed by atoms with Gasteiger partial charge < -0.3 is 15.5 Å². The van der Waals surface area contributed by atoms with Crippen LogP contribution in [-0.4, -0.2) is 45.5 Å². The number of aliphatic hydroxyl groups is 2. The van der Waals surface area contributed by atoms with Crippen molar-refractivity contribution in [2.45, 2.75) is 57.1 Å². The van der Waals surface area contributed by atoms with E-state index in [-0.39, 0.29) is 30.3 Å². The zero-order valence-corrected chi connectivity index (χ0v) is 17.4. The van der Waals surface area contributed by atoms with E-state index < -0.39 is 6.10 Å². The summed E-state index contributed by atoms with van der Waals surface area (Å²) in [6, 6.07) is 8.50. The summed E-state index contributed by atoms with van der Waals surface area (Å²) in [6.07, 6.45) is 8.91. The molecule has 0 aliphatic heterocycles. The number of nitrogens with zero attached hydrogens (tertiary/aromatic N) is 2. The number of aromatic nitrogens is 2. The molecule has 3 N–H and O–H groups in total. The molecule has 162 valence electrons. The predicted molar refractivity (Wildman–Crippen MR) is 114 cm³/mol. The van der Waals surface area contributed by atoms with Crippen molar-refractivity contribution >= 4 is 0 Å². The minimum absolute atomic E-state index is 0.0430. The average molecular weight is 414 g/mol. The lowest BCUT2D eigenvalue weighted by atomic mass is 9.87. The molecule has 5 nitrogen and oxygen atoms in total. The molecule has 2 aromatic rings. The first-order valence-electron chi connectivity index (χ1n) is 11.2. The van der Waals surface area contributed by atoms with Gasteiger partial charge in [-0.05, 0) is 62.3 Å². The van der Waals surface area contributed by atoms with E-state index >= 15 is 0 Å². The van der Waals surface area contributed by atoms with Crippen molar-refractivity contribution in [3.05, 3.63) is 48.0 Å². The van der Waals surface area contributed by atoms with Crippen LogP contribution in [0.5, 0.6) is 0 Å². The second-order valence-electron chi connectivity index (χ2n) is 8.89. The Hall–Kier alpha value is -1.89. The molecule has 2 aliphatic carbocycles. The maximum atomic E-state index is 14.2. The van der Waals surface area contributed by atoms with Crippen molar-refractivity contribution in [1.82, 2.24) is 15.3 Å².